The van der Waals surface area contributed by atoms with E-state index < -0.39 is 6.10 Å². The molecule has 0 unspecified atom stereocenters. The molecule has 57 heavy (non-hydrogen) atoms. The van der Waals surface area contributed by atoms with Crippen molar-refractivity contribution >= 4 is 17.9 Å². The van der Waals surface area contributed by atoms with E-state index in [1.54, 1.807) is 0 Å². The van der Waals surface area contributed by atoms with Crippen LogP contribution in [0.25, 0.3) is 0 Å². The molecule has 0 saturated carbocycles. The van der Waals surface area contributed by atoms with E-state index in [4.69, 9.17) is 14.2 Å². The van der Waals surface area contributed by atoms with Crippen LogP contribution in [0.2, 0.25) is 0 Å². The van der Waals surface area contributed by atoms with E-state index in [1.807, 2.05) is 0 Å². The number of hydrogen-bond acceptors (Lipinski definition) is 6. The summed E-state index contributed by atoms with van der Waals surface area (Å²) in [5.41, 5.74) is 0. The number of rotatable bonds is 45. The summed E-state index contributed by atoms with van der Waals surface area (Å²) in [6, 6.07) is 0. The Labute approximate surface area is 355 Å². The highest BCUT2D eigenvalue weighted by molar-refractivity contribution is 5.71. The minimum Gasteiger partial charge on any atom is -0.462 e. The molecule has 0 N–H and O–H groups in total. The van der Waals surface area contributed by atoms with Gasteiger partial charge in [0.25, 0.3) is 0 Å². The van der Waals surface area contributed by atoms with Crippen LogP contribution in [-0.2, 0) is 28.6 Å². The smallest absolute Gasteiger partial charge is 0.306 e. The molecule has 0 heterocycles. The highest BCUT2D eigenvalue weighted by Gasteiger charge is 2.19. The Morgan fingerprint density at radius 3 is 0.860 bits per heavy atom. The Bertz CT molecular complexity index is 870. The summed E-state index contributed by atoms with van der Waals surface area (Å²) in [6.07, 6.45) is 43.8. The molecule has 0 spiro atoms. The zero-order valence-electron chi connectivity index (χ0n) is 39.0. The number of hydrogen-bond donors (Lipinski definition) is 0. The molecule has 0 aliphatic carbocycles. The fraction of sp³-hybridized carbons (Fsp3) is 0.941. The number of ether oxygens (including phenoxy) is 3. The molecule has 338 valence electrons. The van der Waals surface area contributed by atoms with Crippen LogP contribution in [0.1, 0.15) is 279 Å². The van der Waals surface area contributed by atoms with Gasteiger partial charge in [0.2, 0.25) is 0 Å². The first-order chi connectivity index (χ1) is 27.7. The van der Waals surface area contributed by atoms with E-state index in [-0.39, 0.29) is 31.1 Å². The van der Waals surface area contributed by atoms with Crippen molar-refractivity contribution in [2.75, 3.05) is 13.2 Å². The van der Waals surface area contributed by atoms with E-state index in [2.05, 4.69) is 34.6 Å². The van der Waals surface area contributed by atoms with Gasteiger partial charge >= 0.3 is 17.9 Å². The maximum Gasteiger partial charge on any atom is 0.306 e. The topological polar surface area (TPSA) is 78.9 Å². The van der Waals surface area contributed by atoms with E-state index in [1.165, 1.54) is 167 Å². The summed E-state index contributed by atoms with van der Waals surface area (Å²) >= 11 is 0. The Balaban J connectivity index is 4.24. The van der Waals surface area contributed by atoms with Crippen LogP contribution in [0.3, 0.4) is 0 Å². The third-order valence-corrected chi connectivity index (χ3v) is 11.5. The molecule has 0 aromatic carbocycles. The number of carbonyl (C=O) groups excluding carboxylic acids is 3. The third-order valence-electron chi connectivity index (χ3n) is 11.5. The third kappa shape index (κ3) is 45.3. The Morgan fingerprint density at radius 2 is 0.579 bits per heavy atom. The lowest BCUT2D eigenvalue weighted by Gasteiger charge is -2.18. The van der Waals surface area contributed by atoms with Crippen LogP contribution < -0.4 is 0 Å². The van der Waals surface area contributed by atoms with E-state index in [0.29, 0.717) is 19.3 Å². The molecule has 1 atom stereocenters. The molecule has 6 heteroatoms. The van der Waals surface area contributed by atoms with Gasteiger partial charge in [-0.1, -0.05) is 240 Å². The molecule has 0 aliphatic heterocycles. The molecule has 0 bridgehead atoms. The van der Waals surface area contributed by atoms with Gasteiger partial charge < -0.3 is 14.2 Å². The Kier molecular flexibility index (Phi) is 42.7. The monoisotopic (exact) mass is 807 g/mol. The van der Waals surface area contributed by atoms with Crippen molar-refractivity contribution in [1.29, 1.82) is 0 Å². The van der Waals surface area contributed by atoms with Gasteiger partial charge in [0, 0.05) is 19.3 Å². The van der Waals surface area contributed by atoms with Crippen molar-refractivity contribution in [1.82, 2.24) is 0 Å². The van der Waals surface area contributed by atoms with Crippen LogP contribution in [0.5, 0.6) is 0 Å². The van der Waals surface area contributed by atoms with Gasteiger partial charge in [-0.25, -0.2) is 0 Å². The number of carbonyl (C=O) groups is 3. The molecule has 0 aliphatic rings. The fourth-order valence-electron chi connectivity index (χ4n) is 7.64. The van der Waals surface area contributed by atoms with Crippen LogP contribution >= 0.6 is 0 Å². The molecular formula is C51H98O6. The van der Waals surface area contributed by atoms with Crippen LogP contribution in [0.15, 0.2) is 0 Å². The van der Waals surface area contributed by atoms with E-state index in [0.717, 1.165) is 69.6 Å². The first-order valence-corrected chi connectivity index (χ1v) is 25.2. The second kappa shape index (κ2) is 44.0. The van der Waals surface area contributed by atoms with Crippen LogP contribution in [0.4, 0.5) is 0 Å². The maximum absolute atomic E-state index is 12.7. The number of unbranched alkanes of at least 4 members (excludes halogenated alkanes) is 30. The van der Waals surface area contributed by atoms with E-state index in [9.17, 15) is 14.4 Å². The Hall–Kier alpha value is -1.59. The fourth-order valence-corrected chi connectivity index (χ4v) is 7.64. The van der Waals surface area contributed by atoms with Crippen molar-refractivity contribution in [2.24, 2.45) is 11.8 Å². The van der Waals surface area contributed by atoms with Crippen molar-refractivity contribution in [3.63, 3.8) is 0 Å². The van der Waals surface area contributed by atoms with Crippen molar-refractivity contribution in [2.45, 2.75) is 285 Å². The lowest BCUT2D eigenvalue weighted by molar-refractivity contribution is -0.167. The maximum atomic E-state index is 12.7. The largest absolute Gasteiger partial charge is 0.462 e. The first kappa shape index (κ1) is 55.4. The lowest BCUT2D eigenvalue weighted by Crippen LogP contribution is -2.30. The molecule has 0 aromatic heterocycles. The normalized spacial score (nSPS) is 12.1. The molecular weight excluding hydrogens is 709 g/mol. The molecule has 0 fully saturated rings. The minimum absolute atomic E-state index is 0.0643. The van der Waals surface area contributed by atoms with Crippen molar-refractivity contribution in [3.05, 3.63) is 0 Å². The summed E-state index contributed by atoms with van der Waals surface area (Å²) < 4.78 is 16.8. The molecule has 0 radical (unpaired) electrons. The number of esters is 3. The predicted octanol–water partition coefficient (Wildman–Crippen LogP) is 16.1. The average Bonchev–Trinajstić information content (AvgIpc) is 3.18. The lowest BCUT2D eigenvalue weighted by atomic mass is 10.0. The molecule has 0 rings (SSSR count). The first-order valence-electron chi connectivity index (χ1n) is 25.2. The summed E-state index contributed by atoms with van der Waals surface area (Å²) in [5, 5.41) is 0. The highest BCUT2D eigenvalue weighted by Crippen LogP contribution is 2.17. The van der Waals surface area contributed by atoms with Gasteiger partial charge in [-0.3, -0.25) is 14.4 Å². The predicted molar refractivity (Wildman–Crippen MR) is 243 cm³/mol. The van der Waals surface area contributed by atoms with Gasteiger partial charge in [-0.2, -0.15) is 0 Å². The van der Waals surface area contributed by atoms with Gasteiger partial charge in [-0.15, -0.1) is 0 Å². The summed E-state index contributed by atoms with van der Waals surface area (Å²) in [7, 11) is 0. The Morgan fingerprint density at radius 1 is 0.333 bits per heavy atom. The molecule has 0 saturated heterocycles. The zero-order valence-corrected chi connectivity index (χ0v) is 39.0. The van der Waals surface area contributed by atoms with Gasteiger partial charge in [0.15, 0.2) is 6.10 Å². The summed E-state index contributed by atoms with van der Waals surface area (Å²) in [6.45, 7) is 11.3. The molecule has 6 nitrogen and oxygen atoms in total. The second-order valence-corrected chi connectivity index (χ2v) is 18.4. The van der Waals surface area contributed by atoms with Crippen LogP contribution in [0, 0.1) is 11.8 Å². The summed E-state index contributed by atoms with van der Waals surface area (Å²) in [5.74, 6) is 0.789. The molecule has 0 aromatic rings. The van der Waals surface area contributed by atoms with Crippen LogP contribution in [-0.4, -0.2) is 37.2 Å². The quantitative estimate of drug-likeness (QED) is 0.0346. The second-order valence-electron chi connectivity index (χ2n) is 18.4. The van der Waals surface area contributed by atoms with Gasteiger partial charge in [0.05, 0.1) is 0 Å². The zero-order chi connectivity index (χ0) is 41.9. The van der Waals surface area contributed by atoms with Gasteiger partial charge in [0.1, 0.15) is 13.2 Å². The van der Waals surface area contributed by atoms with Crippen molar-refractivity contribution < 1.29 is 28.6 Å². The van der Waals surface area contributed by atoms with Crippen molar-refractivity contribution in [3.8, 4) is 0 Å². The van der Waals surface area contributed by atoms with E-state index >= 15 is 0 Å². The summed E-state index contributed by atoms with van der Waals surface area (Å²) in [4.78, 5) is 37.8. The average molecular weight is 807 g/mol. The standard InChI is InChI=1S/C51H98O6/c1-6-7-8-9-10-11-20-26-31-36-41-49(52)55-44-48(57-51(54)43-38-33-28-23-22-25-30-35-40-47(4)5)45-56-50(53)42-37-32-27-21-18-16-14-12-13-15-17-19-24-29-34-39-46(2)3/h46-48H,6-45H2,1-5H3/t48-/m1/s1. The van der Waals surface area contributed by atoms with Gasteiger partial charge in [-0.05, 0) is 31.1 Å². The molecule has 0 amide bonds. The SMILES string of the molecule is CCCCCCCCCCCCC(=O)OC[C@H](COC(=O)CCCCCCCCCCCCCCCCCC(C)C)OC(=O)CCCCCCCCCCC(C)C. The highest BCUT2D eigenvalue weighted by atomic mass is 16.6. The minimum atomic E-state index is -0.761.